The van der Waals surface area contributed by atoms with Gasteiger partial charge in [-0.25, -0.2) is 14.6 Å². The Labute approximate surface area is 180 Å². The second kappa shape index (κ2) is 7.58. The van der Waals surface area contributed by atoms with Crippen LogP contribution in [-0.4, -0.2) is 35.2 Å². The molecule has 0 saturated carbocycles. The van der Waals surface area contributed by atoms with Crippen molar-refractivity contribution >= 4 is 33.5 Å². The molecule has 0 bridgehead atoms. The zero-order valence-electron chi connectivity index (χ0n) is 16.9. The second-order valence-electron chi connectivity index (χ2n) is 7.16. The van der Waals surface area contributed by atoms with Crippen LogP contribution in [-0.2, 0) is 11.3 Å². The summed E-state index contributed by atoms with van der Waals surface area (Å²) in [5.41, 5.74) is 1.37. The summed E-state index contributed by atoms with van der Waals surface area (Å²) in [7, 11) is 0. The molecular formula is C22H17N7O3. The first-order valence-corrected chi connectivity index (χ1v) is 9.80. The van der Waals surface area contributed by atoms with Crippen LogP contribution < -0.4 is 16.4 Å². The van der Waals surface area contributed by atoms with E-state index in [4.69, 9.17) is 0 Å². The molecule has 0 aliphatic rings. The molecule has 10 nitrogen and oxygen atoms in total. The first-order chi connectivity index (χ1) is 15.5. The van der Waals surface area contributed by atoms with Gasteiger partial charge in [-0.05, 0) is 31.2 Å². The number of hydrogen-bond acceptors (Lipinski definition) is 6. The summed E-state index contributed by atoms with van der Waals surface area (Å²) in [4.78, 5) is 48.8. The molecule has 2 N–H and O–H groups in total. The molecule has 0 fully saturated rings. The lowest BCUT2D eigenvalue weighted by molar-refractivity contribution is -0.116. The number of nitrogens with one attached hydrogen (secondary N) is 2. The van der Waals surface area contributed by atoms with Gasteiger partial charge < -0.3 is 10.3 Å². The van der Waals surface area contributed by atoms with Crippen molar-refractivity contribution in [2.24, 2.45) is 0 Å². The summed E-state index contributed by atoms with van der Waals surface area (Å²) in [6.07, 6.45) is 2.72. The number of carbonyl (C=O) groups excluding carboxylic acids is 1. The number of benzene rings is 2. The van der Waals surface area contributed by atoms with Crippen LogP contribution in [0.5, 0.6) is 0 Å². The number of aryl methyl sites for hydroxylation is 1. The zero-order chi connectivity index (χ0) is 22.2. The van der Waals surface area contributed by atoms with Crippen molar-refractivity contribution in [3.8, 4) is 5.69 Å². The van der Waals surface area contributed by atoms with Crippen molar-refractivity contribution < 1.29 is 4.79 Å². The van der Waals surface area contributed by atoms with Crippen molar-refractivity contribution in [1.29, 1.82) is 0 Å². The van der Waals surface area contributed by atoms with Gasteiger partial charge in [0.1, 0.15) is 17.8 Å². The molecule has 3 heterocycles. The first-order valence-electron chi connectivity index (χ1n) is 9.80. The normalized spacial score (nSPS) is 11.2. The zero-order valence-corrected chi connectivity index (χ0v) is 16.9. The third-order valence-corrected chi connectivity index (χ3v) is 5.13. The molecule has 0 atom stereocenters. The summed E-state index contributed by atoms with van der Waals surface area (Å²) in [6, 6.07) is 14.0. The number of aromatic amines is 1. The van der Waals surface area contributed by atoms with Crippen LogP contribution in [0, 0.1) is 6.92 Å². The number of nitrogens with zero attached hydrogens (tertiary/aromatic N) is 5. The summed E-state index contributed by atoms with van der Waals surface area (Å²) in [5, 5.41) is 7.87. The Morgan fingerprint density at radius 2 is 1.84 bits per heavy atom. The Kier molecular flexibility index (Phi) is 4.59. The van der Waals surface area contributed by atoms with Crippen LogP contribution in [0.2, 0.25) is 0 Å². The number of para-hydroxylation sites is 3. The van der Waals surface area contributed by atoms with Crippen molar-refractivity contribution in [2.75, 3.05) is 5.32 Å². The molecule has 0 aliphatic heterocycles. The predicted molar refractivity (Wildman–Crippen MR) is 119 cm³/mol. The maximum absolute atomic E-state index is 12.9. The molecule has 0 spiro atoms. The SMILES string of the molecule is Cc1nc2ccccc2c(=O)n1CC(=O)Nc1ccccc1-n1ncc2c(=O)[nH]cnc21. The maximum Gasteiger partial charge on any atom is 0.261 e. The van der Waals surface area contributed by atoms with Crippen LogP contribution in [0.25, 0.3) is 27.6 Å². The fourth-order valence-electron chi connectivity index (χ4n) is 3.60. The quantitative estimate of drug-likeness (QED) is 0.450. The monoisotopic (exact) mass is 427 g/mol. The highest BCUT2D eigenvalue weighted by Crippen LogP contribution is 2.22. The summed E-state index contributed by atoms with van der Waals surface area (Å²) in [5.74, 6) is 0.0422. The molecule has 158 valence electrons. The fraction of sp³-hybridized carbons (Fsp3) is 0.0909. The number of rotatable bonds is 4. The molecule has 32 heavy (non-hydrogen) atoms. The van der Waals surface area contributed by atoms with Crippen LogP contribution in [0.15, 0.2) is 70.6 Å². The van der Waals surface area contributed by atoms with Gasteiger partial charge in [0.05, 0.1) is 34.8 Å². The van der Waals surface area contributed by atoms with E-state index in [1.807, 2.05) is 6.07 Å². The third-order valence-electron chi connectivity index (χ3n) is 5.13. The Morgan fingerprint density at radius 3 is 2.72 bits per heavy atom. The largest absolute Gasteiger partial charge is 0.323 e. The van der Waals surface area contributed by atoms with E-state index in [2.05, 4.69) is 25.4 Å². The van der Waals surface area contributed by atoms with Crippen LogP contribution in [0.4, 0.5) is 5.69 Å². The molecule has 0 aliphatic carbocycles. The number of hydrogen-bond donors (Lipinski definition) is 2. The summed E-state index contributed by atoms with van der Waals surface area (Å²) >= 11 is 0. The molecule has 10 heteroatoms. The second-order valence-corrected chi connectivity index (χ2v) is 7.16. The number of anilines is 1. The molecule has 5 rings (SSSR count). The van der Waals surface area contributed by atoms with Gasteiger partial charge in [0, 0.05) is 0 Å². The number of carbonyl (C=O) groups is 1. The fourth-order valence-corrected chi connectivity index (χ4v) is 3.60. The number of H-pyrrole nitrogens is 1. The van der Waals surface area contributed by atoms with Gasteiger partial charge in [-0.1, -0.05) is 24.3 Å². The number of aromatic nitrogens is 6. The number of fused-ring (bicyclic) bond motifs is 2. The van der Waals surface area contributed by atoms with E-state index in [0.717, 1.165) is 0 Å². The van der Waals surface area contributed by atoms with E-state index < -0.39 is 5.91 Å². The molecule has 0 unspecified atom stereocenters. The average Bonchev–Trinajstić information content (AvgIpc) is 3.22. The highest BCUT2D eigenvalue weighted by atomic mass is 16.2. The van der Waals surface area contributed by atoms with E-state index in [0.29, 0.717) is 39.1 Å². The minimum atomic E-state index is -0.401. The molecule has 2 aromatic carbocycles. The van der Waals surface area contributed by atoms with Crippen molar-refractivity contribution in [2.45, 2.75) is 13.5 Å². The van der Waals surface area contributed by atoms with Gasteiger partial charge in [-0.3, -0.25) is 19.0 Å². The van der Waals surface area contributed by atoms with Crippen molar-refractivity contribution in [1.82, 2.24) is 29.3 Å². The van der Waals surface area contributed by atoms with E-state index in [-0.39, 0.29) is 17.7 Å². The van der Waals surface area contributed by atoms with Gasteiger partial charge in [-0.2, -0.15) is 5.10 Å². The molecule has 3 aromatic heterocycles. The summed E-state index contributed by atoms with van der Waals surface area (Å²) < 4.78 is 2.82. The lowest BCUT2D eigenvalue weighted by Crippen LogP contribution is -2.30. The van der Waals surface area contributed by atoms with Gasteiger partial charge in [0.15, 0.2) is 5.65 Å². The van der Waals surface area contributed by atoms with Crippen molar-refractivity contribution in [3.63, 3.8) is 0 Å². The van der Waals surface area contributed by atoms with Gasteiger partial charge in [0.2, 0.25) is 5.91 Å². The summed E-state index contributed by atoms with van der Waals surface area (Å²) in [6.45, 7) is 1.49. The van der Waals surface area contributed by atoms with E-state index in [1.165, 1.54) is 21.8 Å². The van der Waals surface area contributed by atoms with E-state index >= 15 is 0 Å². The minimum absolute atomic E-state index is 0.200. The standard InChI is InChI=1S/C22H17N7O3/c1-13-26-16-7-3-2-6-14(16)22(32)28(13)11-19(30)27-17-8-4-5-9-18(17)29-20-15(10-25-29)21(31)24-12-23-20/h2-10,12H,11H2,1H3,(H,27,30)(H,23,24,31). The number of amides is 1. The molecule has 1 amide bonds. The predicted octanol–water partition coefficient (Wildman–Crippen LogP) is 1.77. The lowest BCUT2D eigenvalue weighted by Gasteiger charge is -2.13. The Bertz CT molecular complexity index is 1610. The highest BCUT2D eigenvalue weighted by Gasteiger charge is 2.15. The molecule has 5 aromatic rings. The topological polar surface area (TPSA) is 128 Å². The maximum atomic E-state index is 12.9. The highest BCUT2D eigenvalue weighted by molar-refractivity contribution is 5.93. The smallest absolute Gasteiger partial charge is 0.261 e. The van der Waals surface area contributed by atoms with Gasteiger partial charge in [-0.15, -0.1) is 0 Å². The van der Waals surface area contributed by atoms with Crippen LogP contribution in [0.1, 0.15) is 5.82 Å². The molecule has 0 radical (unpaired) electrons. The first kappa shape index (κ1) is 19.4. The Morgan fingerprint density at radius 1 is 1.06 bits per heavy atom. The Balaban J connectivity index is 1.49. The Hall–Kier alpha value is -4.60. The van der Waals surface area contributed by atoms with Gasteiger partial charge >= 0.3 is 0 Å². The third kappa shape index (κ3) is 3.23. The average molecular weight is 427 g/mol. The molecular weight excluding hydrogens is 410 g/mol. The van der Waals surface area contributed by atoms with Gasteiger partial charge in [0.25, 0.3) is 11.1 Å². The minimum Gasteiger partial charge on any atom is -0.323 e. The molecule has 0 saturated heterocycles. The lowest BCUT2D eigenvalue weighted by atomic mass is 10.2. The van der Waals surface area contributed by atoms with Crippen LogP contribution >= 0.6 is 0 Å². The van der Waals surface area contributed by atoms with E-state index in [9.17, 15) is 14.4 Å². The van der Waals surface area contributed by atoms with Crippen LogP contribution in [0.3, 0.4) is 0 Å². The van der Waals surface area contributed by atoms with E-state index in [1.54, 1.807) is 49.4 Å². The van der Waals surface area contributed by atoms with Crippen molar-refractivity contribution in [3.05, 3.63) is 87.6 Å².